The van der Waals surface area contributed by atoms with E-state index in [1.54, 1.807) is 8.61 Å². The van der Waals surface area contributed by atoms with Crippen molar-refractivity contribution in [3.63, 3.8) is 0 Å². The zero-order valence-electron chi connectivity index (χ0n) is 12.2. The van der Waals surface area contributed by atoms with Gasteiger partial charge in [-0.3, -0.25) is 0 Å². The number of aryl methyl sites for hydroxylation is 1. The first-order valence-electron chi connectivity index (χ1n) is 7.05. The van der Waals surface area contributed by atoms with E-state index in [0.29, 0.717) is 26.2 Å². The van der Waals surface area contributed by atoms with Crippen molar-refractivity contribution in [1.29, 1.82) is 0 Å². The molecule has 1 fully saturated rings. The molecule has 0 radical (unpaired) electrons. The fourth-order valence-electron chi connectivity index (χ4n) is 2.41. The lowest BCUT2D eigenvalue weighted by Crippen LogP contribution is -2.51. The fourth-order valence-corrected chi connectivity index (χ4v) is 4.02. The Morgan fingerprint density at radius 2 is 2.00 bits per heavy atom. The van der Waals surface area contributed by atoms with Crippen LogP contribution in [0.5, 0.6) is 0 Å². The summed E-state index contributed by atoms with van der Waals surface area (Å²) in [5.41, 5.74) is 2.18. The van der Waals surface area contributed by atoms with E-state index in [1.165, 1.54) is 0 Å². The standard InChI is InChI=1S/C14H23N3O2S/c1-3-16(12-14-6-4-5-13(2)11-14)20(18,19)17-9-7-15-8-10-17/h4-6,11,15H,3,7-10,12H2,1-2H3. The predicted molar refractivity (Wildman–Crippen MR) is 80.6 cm³/mol. The molecule has 0 aliphatic carbocycles. The Hall–Kier alpha value is -0.950. The van der Waals surface area contributed by atoms with Gasteiger partial charge in [0.15, 0.2) is 0 Å². The maximum atomic E-state index is 12.6. The summed E-state index contributed by atoms with van der Waals surface area (Å²) < 4.78 is 28.4. The normalized spacial score (nSPS) is 17.6. The molecule has 1 aromatic carbocycles. The molecule has 0 unspecified atom stereocenters. The Morgan fingerprint density at radius 1 is 1.30 bits per heavy atom. The molecule has 1 aromatic rings. The van der Waals surface area contributed by atoms with Crippen molar-refractivity contribution < 1.29 is 8.42 Å². The van der Waals surface area contributed by atoms with Crippen molar-refractivity contribution in [2.24, 2.45) is 0 Å². The number of hydrogen-bond donors (Lipinski definition) is 1. The van der Waals surface area contributed by atoms with Crippen LogP contribution in [0.25, 0.3) is 0 Å². The molecule has 1 aliphatic heterocycles. The summed E-state index contributed by atoms with van der Waals surface area (Å²) in [6.45, 7) is 7.37. The maximum Gasteiger partial charge on any atom is 0.282 e. The molecule has 0 bridgehead atoms. The molecule has 1 aliphatic rings. The van der Waals surface area contributed by atoms with Crippen LogP contribution in [0.1, 0.15) is 18.1 Å². The number of nitrogens with zero attached hydrogens (tertiary/aromatic N) is 2. The number of rotatable bonds is 5. The molecule has 112 valence electrons. The Kier molecular flexibility index (Phi) is 5.15. The van der Waals surface area contributed by atoms with Gasteiger partial charge in [0.2, 0.25) is 0 Å². The summed E-state index contributed by atoms with van der Waals surface area (Å²) in [6.07, 6.45) is 0. The molecule has 0 atom stereocenters. The third-order valence-corrected chi connectivity index (χ3v) is 5.58. The van der Waals surface area contributed by atoms with Crippen LogP contribution in [0.2, 0.25) is 0 Å². The fraction of sp³-hybridized carbons (Fsp3) is 0.571. The van der Waals surface area contributed by atoms with Gasteiger partial charge in [0.25, 0.3) is 10.2 Å². The molecule has 6 heteroatoms. The highest BCUT2D eigenvalue weighted by Gasteiger charge is 2.29. The smallest absolute Gasteiger partial charge is 0.282 e. The average molecular weight is 297 g/mol. The van der Waals surface area contributed by atoms with Crippen molar-refractivity contribution in [3.8, 4) is 0 Å². The summed E-state index contributed by atoms with van der Waals surface area (Å²) in [5, 5.41) is 3.18. The molecule has 20 heavy (non-hydrogen) atoms. The zero-order valence-corrected chi connectivity index (χ0v) is 13.0. The van der Waals surface area contributed by atoms with Crippen molar-refractivity contribution in [3.05, 3.63) is 35.4 Å². The molecule has 5 nitrogen and oxygen atoms in total. The van der Waals surface area contributed by atoms with Crippen molar-refractivity contribution in [2.45, 2.75) is 20.4 Å². The summed E-state index contributed by atoms with van der Waals surface area (Å²) in [4.78, 5) is 0. The van der Waals surface area contributed by atoms with Gasteiger partial charge in [-0.2, -0.15) is 17.0 Å². The van der Waals surface area contributed by atoms with E-state index in [9.17, 15) is 8.42 Å². The van der Waals surface area contributed by atoms with Gasteiger partial charge in [-0.05, 0) is 12.5 Å². The first-order chi connectivity index (χ1) is 9.54. The van der Waals surface area contributed by atoms with Gasteiger partial charge in [0, 0.05) is 39.3 Å². The van der Waals surface area contributed by atoms with Crippen molar-refractivity contribution in [2.75, 3.05) is 32.7 Å². The van der Waals surface area contributed by atoms with Crippen LogP contribution < -0.4 is 5.32 Å². The quantitative estimate of drug-likeness (QED) is 0.881. The first kappa shape index (κ1) is 15.4. The van der Waals surface area contributed by atoms with Crippen LogP contribution in [-0.2, 0) is 16.8 Å². The molecule has 0 saturated carbocycles. The molecular formula is C14H23N3O2S. The third-order valence-electron chi connectivity index (χ3n) is 3.52. The Labute approximate surface area is 121 Å². The van der Waals surface area contributed by atoms with Gasteiger partial charge >= 0.3 is 0 Å². The molecule has 1 heterocycles. The van der Waals surface area contributed by atoms with Crippen LogP contribution in [0.15, 0.2) is 24.3 Å². The minimum absolute atomic E-state index is 0.435. The Morgan fingerprint density at radius 3 is 2.60 bits per heavy atom. The van der Waals surface area contributed by atoms with E-state index in [1.807, 2.05) is 38.1 Å². The predicted octanol–water partition coefficient (Wildman–Crippen LogP) is 0.967. The molecule has 1 saturated heterocycles. The lowest BCUT2D eigenvalue weighted by molar-refractivity contribution is 0.312. The van der Waals surface area contributed by atoms with Crippen LogP contribution in [0.3, 0.4) is 0 Å². The highest BCUT2D eigenvalue weighted by molar-refractivity contribution is 7.86. The summed E-state index contributed by atoms with van der Waals surface area (Å²) in [5.74, 6) is 0. The Bertz CT molecular complexity index is 539. The number of nitrogens with one attached hydrogen (secondary N) is 1. The SMILES string of the molecule is CCN(Cc1cccc(C)c1)S(=O)(=O)N1CCNCC1. The second-order valence-corrected chi connectivity index (χ2v) is 7.00. The van der Waals surface area contributed by atoms with Gasteiger partial charge in [-0.1, -0.05) is 36.8 Å². The second kappa shape index (κ2) is 6.67. The average Bonchev–Trinajstić information content (AvgIpc) is 2.45. The largest absolute Gasteiger partial charge is 0.314 e. The summed E-state index contributed by atoms with van der Waals surface area (Å²) >= 11 is 0. The van der Waals surface area contributed by atoms with Gasteiger partial charge in [-0.15, -0.1) is 0 Å². The summed E-state index contributed by atoms with van der Waals surface area (Å²) in [6, 6.07) is 8.00. The van der Waals surface area contributed by atoms with Gasteiger partial charge in [0.05, 0.1) is 0 Å². The van der Waals surface area contributed by atoms with E-state index < -0.39 is 10.2 Å². The minimum Gasteiger partial charge on any atom is -0.314 e. The summed E-state index contributed by atoms with van der Waals surface area (Å²) in [7, 11) is -3.36. The highest BCUT2D eigenvalue weighted by Crippen LogP contribution is 2.14. The van der Waals surface area contributed by atoms with E-state index in [-0.39, 0.29) is 0 Å². The molecular weight excluding hydrogens is 274 g/mol. The molecule has 0 spiro atoms. The van der Waals surface area contributed by atoms with Crippen LogP contribution >= 0.6 is 0 Å². The number of hydrogen-bond acceptors (Lipinski definition) is 3. The minimum atomic E-state index is -3.36. The second-order valence-electron chi connectivity index (χ2n) is 5.07. The van der Waals surface area contributed by atoms with Gasteiger partial charge in [-0.25, -0.2) is 0 Å². The maximum absolute atomic E-state index is 12.6. The van der Waals surface area contributed by atoms with E-state index in [0.717, 1.165) is 24.2 Å². The van der Waals surface area contributed by atoms with Crippen LogP contribution in [0, 0.1) is 6.92 Å². The first-order valence-corrected chi connectivity index (χ1v) is 8.45. The van der Waals surface area contributed by atoms with E-state index >= 15 is 0 Å². The lowest BCUT2D eigenvalue weighted by atomic mass is 10.1. The van der Waals surface area contributed by atoms with E-state index in [2.05, 4.69) is 5.32 Å². The molecule has 0 amide bonds. The lowest BCUT2D eigenvalue weighted by Gasteiger charge is -2.32. The van der Waals surface area contributed by atoms with Gasteiger partial charge < -0.3 is 5.32 Å². The highest BCUT2D eigenvalue weighted by atomic mass is 32.2. The topological polar surface area (TPSA) is 52.7 Å². The van der Waals surface area contributed by atoms with Crippen LogP contribution in [-0.4, -0.2) is 49.8 Å². The molecule has 2 rings (SSSR count). The molecule has 0 aromatic heterocycles. The number of piperazine rings is 1. The third kappa shape index (κ3) is 3.58. The van der Waals surface area contributed by atoms with Crippen LogP contribution in [0.4, 0.5) is 0 Å². The monoisotopic (exact) mass is 297 g/mol. The number of benzene rings is 1. The Balaban J connectivity index is 2.14. The van der Waals surface area contributed by atoms with Crippen molar-refractivity contribution >= 4 is 10.2 Å². The van der Waals surface area contributed by atoms with E-state index in [4.69, 9.17) is 0 Å². The van der Waals surface area contributed by atoms with Crippen molar-refractivity contribution in [1.82, 2.24) is 13.9 Å². The zero-order chi connectivity index (χ0) is 14.6. The molecule has 1 N–H and O–H groups in total. The van der Waals surface area contributed by atoms with Gasteiger partial charge in [0.1, 0.15) is 0 Å².